The smallest absolute Gasteiger partial charge is 0.317 e. The van der Waals surface area contributed by atoms with E-state index in [1.165, 1.54) is 5.56 Å². The number of ether oxygens (including phenoxy) is 1. The van der Waals surface area contributed by atoms with E-state index >= 15 is 0 Å². The van der Waals surface area contributed by atoms with E-state index in [0.29, 0.717) is 32.1 Å². The van der Waals surface area contributed by atoms with E-state index < -0.39 is 0 Å². The predicted octanol–water partition coefficient (Wildman–Crippen LogP) is 1.66. The van der Waals surface area contributed by atoms with Crippen LogP contribution in [0.15, 0.2) is 30.6 Å². The maximum absolute atomic E-state index is 12.4. The summed E-state index contributed by atoms with van der Waals surface area (Å²) in [5.41, 5.74) is 2.41. The minimum Gasteiger partial charge on any atom is -0.370 e. The highest BCUT2D eigenvalue weighted by Gasteiger charge is 2.25. The molecule has 128 valence electrons. The van der Waals surface area contributed by atoms with Crippen LogP contribution in [0.4, 0.5) is 4.79 Å². The van der Waals surface area contributed by atoms with Crippen LogP contribution >= 0.6 is 0 Å². The summed E-state index contributed by atoms with van der Waals surface area (Å²) in [5, 5.41) is 7.02. The van der Waals surface area contributed by atoms with Gasteiger partial charge in [-0.15, -0.1) is 0 Å². The Kier molecular flexibility index (Phi) is 5.10. The van der Waals surface area contributed by atoms with Crippen LogP contribution in [0, 0.1) is 0 Å². The van der Waals surface area contributed by atoms with Crippen LogP contribution in [0.5, 0.6) is 0 Å². The number of nitrogens with zero attached hydrogens (tertiary/aromatic N) is 4. The highest BCUT2D eigenvalue weighted by molar-refractivity contribution is 5.74. The van der Waals surface area contributed by atoms with Crippen molar-refractivity contribution in [3.63, 3.8) is 0 Å². The second-order valence-electron chi connectivity index (χ2n) is 5.89. The number of morpholine rings is 1. The van der Waals surface area contributed by atoms with Gasteiger partial charge >= 0.3 is 6.03 Å². The number of rotatable bonds is 4. The van der Waals surface area contributed by atoms with Gasteiger partial charge in [-0.25, -0.2) is 9.78 Å². The van der Waals surface area contributed by atoms with E-state index in [-0.39, 0.29) is 12.1 Å². The molecule has 1 aliphatic rings. The zero-order valence-corrected chi connectivity index (χ0v) is 14.1. The summed E-state index contributed by atoms with van der Waals surface area (Å²) in [6, 6.07) is 8.29. The van der Waals surface area contributed by atoms with E-state index in [4.69, 9.17) is 4.74 Å². The second kappa shape index (κ2) is 7.44. The number of carbonyl (C=O) groups excluding carboxylic acids is 1. The summed E-state index contributed by atoms with van der Waals surface area (Å²) in [6.07, 6.45) is 2.55. The monoisotopic (exact) mass is 329 g/mol. The summed E-state index contributed by atoms with van der Waals surface area (Å²) < 4.78 is 7.45. The Morgan fingerprint density at radius 2 is 2.17 bits per heavy atom. The van der Waals surface area contributed by atoms with Crippen molar-refractivity contribution < 1.29 is 9.53 Å². The van der Waals surface area contributed by atoms with E-state index in [1.807, 2.05) is 0 Å². The fraction of sp³-hybridized carbons (Fsp3) is 0.471. The number of carbonyl (C=O) groups is 1. The number of benzene rings is 1. The zero-order chi connectivity index (χ0) is 16.9. The first kappa shape index (κ1) is 16.4. The number of urea groups is 1. The van der Waals surface area contributed by atoms with E-state index in [2.05, 4.69) is 46.6 Å². The van der Waals surface area contributed by atoms with Crippen molar-refractivity contribution in [2.24, 2.45) is 7.05 Å². The molecule has 0 saturated carbocycles. The average Bonchev–Trinajstić information content (AvgIpc) is 3.05. The van der Waals surface area contributed by atoms with Gasteiger partial charge in [-0.2, -0.15) is 5.10 Å². The number of hydrogen-bond acceptors (Lipinski definition) is 4. The molecule has 3 rings (SSSR count). The summed E-state index contributed by atoms with van der Waals surface area (Å²) >= 11 is 0. The van der Waals surface area contributed by atoms with Gasteiger partial charge in [-0.1, -0.05) is 31.2 Å². The number of aromatic nitrogens is 3. The zero-order valence-electron chi connectivity index (χ0n) is 14.1. The third-order valence-corrected chi connectivity index (χ3v) is 4.16. The normalized spacial score (nSPS) is 17.8. The predicted molar refractivity (Wildman–Crippen MR) is 89.3 cm³/mol. The Morgan fingerprint density at radius 1 is 1.38 bits per heavy atom. The molecule has 0 radical (unpaired) electrons. The van der Waals surface area contributed by atoms with Gasteiger partial charge in [0.25, 0.3) is 0 Å². The van der Waals surface area contributed by atoms with Gasteiger partial charge in [-0.05, 0) is 17.5 Å². The van der Waals surface area contributed by atoms with Gasteiger partial charge in [0.05, 0.1) is 19.7 Å². The molecule has 1 fully saturated rings. The van der Waals surface area contributed by atoms with Gasteiger partial charge in [0, 0.05) is 13.6 Å². The molecular formula is C17H23N5O2. The summed E-state index contributed by atoms with van der Waals surface area (Å²) in [7, 11) is 1.80. The molecule has 1 aliphatic heterocycles. The SMILES string of the molecule is CCc1ccc(C2CN(C(=O)NCc3ncn(C)n3)CCO2)cc1. The molecule has 1 atom stereocenters. The lowest BCUT2D eigenvalue weighted by molar-refractivity contribution is -0.0155. The fourth-order valence-corrected chi connectivity index (χ4v) is 2.73. The van der Waals surface area contributed by atoms with Crippen molar-refractivity contribution in [1.82, 2.24) is 25.0 Å². The minimum atomic E-state index is -0.110. The maximum atomic E-state index is 12.4. The van der Waals surface area contributed by atoms with Crippen LogP contribution in [0.3, 0.4) is 0 Å². The van der Waals surface area contributed by atoms with Crippen molar-refractivity contribution in [3.8, 4) is 0 Å². The second-order valence-corrected chi connectivity index (χ2v) is 5.89. The maximum Gasteiger partial charge on any atom is 0.317 e. The van der Waals surface area contributed by atoms with Crippen molar-refractivity contribution in [1.29, 1.82) is 0 Å². The summed E-state index contributed by atoms with van der Waals surface area (Å²) in [5.74, 6) is 0.603. The van der Waals surface area contributed by atoms with Gasteiger partial charge in [0.1, 0.15) is 12.4 Å². The molecule has 2 heterocycles. The van der Waals surface area contributed by atoms with Gasteiger partial charge in [0.2, 0.25) is 0 Å². The Hall–Kier alpha value is -2.41. The topological polar surface area (TPSA) is 72.3 Å². The lowest BCUT2D eigenvalue weighted by atomic mass is 10.0. The lowest BCUT2D eigenvalue weighted by Crippen LogP contribution is -2.47. The molecule has 1 aromatic carbocycles. The molecule has 0 aliphatic carbocycles. The Labute approximate surface area is 141 Å². The molecule has 0 bridgehead atoms. The van der Waals surface area contributed by atoms with E-state index in [9.17, 15) is 4.79 Å². The first-order valence-corrected chi connectivity index (χ1v) is 8.23. The molecule has 24 heavy (non-hydrogen) atoms. The highest BCUT2D eigenvalue weighted by atomic mass is 16.5. The van der Waals surface area contributed by atoms with Crippen LogP contribution in [0.2, 0.25) is 0 Å². The first-order valence-electron chi connectivity index (χ1n) is 8.23. The van der Waals surface area contributed by atoms with Crippen LogP contribution in [0.1, 0.15) is 30.0 Å². The third kappa shape index (κ3) is 3.91. The molecule has 7 nitrogen and oxygen atoms in total. The van der Waals surface area contributed by atoms with Crippen molar-refractivity contribution >= 4 is 6.03 Å². The molecule has 2 amide bonds. The molecule has 7 heteroatoms. The highest BCUT2D eigenvalue weighted by Crippen LogP contribution is 2.22. The average molecular weight is 329 g/mol. The van der Waals surface area contributed by atoms with Crippen LogP contribution in [0.25, 0.3) is 0 Å². The van der Waals surface area contributed by atoms with E-state index in [0.717, 1.165) is 12.0 Å². The van der Waals surface area contributed by atoms with Gasteiger partial charge in [-0.3, -0.25) is 4.68 Å². The van der Waals surface area contributed by atoms with Crippen LogP contribution in [-0.2, 0) is 24.8 Å². The van der Waals surface area contributed by atoms with Gasteiger partial charge in [0.15, 0.2) is 5.82 Å². The quantitative estimate of drug-likeness (QED) is 0.926. The van der Waals surface area contributed by atoms with Crippen molar-refractivity contribution in [2.45, 2.75) is 26.0 Å². The number of amides is 2. The molecule has 1 aromatic heterocycles. The Morgan fingerprint density at radius 3 is 2.83 bits per heavy atom. The van der Waals surface area contributed by atoms with Crippen molar-refractivity contribution in [3.05, 3.63) is 47.5 Å². The molecule has 1 saturated heterocycles. The Balaban J connectivity index is 1.56. The largest absolute Gasteiger partial charge is 0.370 e. The first-order chi connectivity index (χ1) is 11.7. The molecule has 1 N–H and O–H groups in total. The molecule has 2 aromatic rings. The Bertz CT molecular complexity index is 683. The molecule has 1 unspecified atom stereocenters. The van der Waals surface area contributed by atoms with Gasteiger partial charge < -0.3 is 15.0 Å². The fourth-order valence-electron chi connectivity index (χ4n) is 2.73. The van der Waals surface area contributed by atoms with E-state index in [1.54, 1.807) is 23.0 Å². The summed E-state index contributed by atoms with van der Waals surface area (Å²) in [6.45, 7) is 4.13. The molecule has 0 spiro atoms. The number of aryl methyl sites for hydroxylation is 2. The van der Waals surface area contributed by atoms with Crippen molar-refractivity contribution in [2.75, 3.05) is 19.7 Å². The van der Waals surface area contributed by atoms with Crippen LogP contribution < -0.4 is 5.32 Å². The number of nitrogens with one attached hydrogen (secondary N) is 1. The minimum absolute atomic E-state index is 0.0802. The molecular weight excluding hydrogens is 306 g/mol. The summed E-state index contributed by atoms with van der Waals surface area (Å²) in [4.78, 5) is 18.2. The number of hydrogen-bond donors (Lipinski definition) is 1. The van der Waals surface area contributed by atoms with Crippen LogP contribution in [-0.4, -0.2) is 45.4 Å². The third-order valence-electron chi connectivity index (χ3n) is 4.16. The lowest BCUT2D eigenvalue weighted by Gasteiger charge is -2.33. The standard InChI is InChI=1S/C17H23N5O2/c1-3-13-4-6-14(7-5-13)15-11-22(8-9-24-15)17(23)18-10-16-19-12-21(2)20-16/h4-7,12,15H,3,8-11H2,1-2H3,(H,18,23).